The van der Waals surface area contributed by atoms with Crippen LogP contribution in [0.25, 0.3) is 10.6 Å². The molecule has 6 rings (SSSR count). The zero-order valence-electron chi connectivity index (χ0n) is 16.3. The first-order chi connectivity index (χ1) is 13.7. The van der Waals surface area contributed by atoms with Gasteiger partial charge in [-0.05, 0) is 79.9 Å². The standard InChI is InChI=1S/C21H24F3N3OS/c1-27-15(7-18(26-27)21(22,23)24)16-2-3-17(29-16)19(28)25-11-20-8-12-4-13(9-20)6-14(5-12)10-20/h2-3,7,12-14H,4-6,8-11H2,1H3,(H,25,28). The lowest BCUT2D eigenvalue weighted by molar-refractivity contribution is -0.141. The normalized spacial score (nSPS) is 30.7. The van der Waals surface area contributed by atoms with Crippen molar-refractivity contribution >= 4 is 17.2 Å². The molecule has 0 spiro atoms. The largest absolute Gasteiger partial charge is 0.435 e. The number of hydrogen-bond donors (Lipinski definition) is 1. The monoisotopic (exact) mass is 423 g/mol. The topological polar surface area (TPSA) is 46.9 Å². The SMILES string of the molecule is Cn1nc(C(F)(F)F)cc1-c1ccc(C(=O)NCC23CC4CC(CC(C4)C2)C3)s1. The molecule has 2 heterocycles. The molecular formula is C21H24F3N3OS. The molecule has 0 unspecified atom stereocenters. The van der Waals surface area contributed by atoms with Crippen LogP contribution in [0.2, 0.25) is 0 Å². The van der Waals surface area contributed by atoms with Crippen molar-refractivity contribution in [2.45, 2.75) is 44.7 Å². The van der Waals surface area contributed by atoms with Gasteiger partial charge in [-0.25, -0.2) is 0 Å². The number of halogens is 3. The second-order valence-corrected chi connectivity index (χ2v) is 10.4. The predicted molar refractivity (Wildman–Crippen MR) is 104 cm³/mol. The zero-order chi connectivity index (χ0) is 20.4. The van der Waals surface area contributed by atoms with Gasteiger partial charge in [-0.2, -0.15) is 18.3 Å². The number of amides is 1. The van der Waals surface area contributed by atoms with Crippen LogP contribution in [0.5, 0.6) is 0 Å². The number of hydrogen-bond acceptors (Lipinski definition) is 3. The maximum Gasteiger partial charge on any atom is 0.435 e. The van der Waals surface area contributed by atoms with E-state index in [-0.39, 0.29) is 11.3 Å². The van der Waals surface area contributed by atoms with Crippen molar-refractivity contribution in [3.8, 4) is 10.6 Å². The number of carbonyl (C=O) groups is 1. The molecule has 4 fully saturated rings. The summed E-state index contributed by atoms with van der Waals surface area (Å²) >= 11 is 1.21. The molecule has 4 bridgehead atoms. The molecule has 8 heteroatoms. The van der Waals surface area contributed by atoms with Gasteiger partial charge in [0.1, 0.15) is 0 Å². The molecule has 156 valence electrons. The van der Waals surface area contributed by atoms with Gasteiger partial charge >= 0.3 is 6.18 Å². The molecule has 1 amide bonds. The number of thiophene rings is 1. The van der Waals surface area contributed by atoms with Crippen molar-refractivity contribution in [1.29, 1.82) is 0 Å². The average molecular weight is 424 g/mol. The first-order valence-electron chi connectivity index (χ1n) is 10.2. The number of rotatable bonds is 4. The number of carbonyl (C=O) groups excluding carboxylic acids is 1. The summed E-state index contributed by atoms with van der Waals surface area (Å²) in [5.74, 6) is 2.37. The molecule has 2 aromatic rings. The van der Waals surface area contributed by atoms with E-state index in [4.69, 9.17) is 0 Å². The van der Waals surface area contributed by atoms with Crippen LogP contribution in [-0.4, -0.2) is 22.2 Å². The maximum atomic E-state index is 12.9. The highest BCUT2D eigenvalue weighted by molar-refractivity contribution is 7.17. The summed E-state index contributed by atoms with van der Waals surface area (Å²) in [6.45, 7) is 0.715. The van der Waals surface area contributed by atoms with Gasteiger partial charge in [0.15, 0.2) is 5.69 Å². The molecule has 4 aliphatic rings. The molecule has 1 N–H and O–H groups in total. The van der Waals surface area contributed by atoms with E-state index < -0.39 is 11.9 Å². The fraction of sp³-hybridized carbons (Fsp3) is 0.619. The number of aromatic nitrogens is 2. The van der Waals surface area contributed by atoms with Crippen molar-refractivity contribution in [2.75, 3.05) is 6.54 Å². The number of aryl methyl sites for hydroxylation is 1. The fourth-order valence-corrected chi connectivity index (χ4v) is 7.26. The van der Waals surface area contributed by atoms with Crippen molar-refractivity contribution in [2.24, 2.45) is 30.2 Å². The highest BCUT2D eigenvalue weighted by atomic mass is 32.1. The Morgan fingerprint density at radius 2 is 1.83 bits per heavy atom. The van der Waals surface area contributed by atoms with E-state index in [1.54, 1.807) is 12.1 Å². The van der Waals surface area contributed by atoms with Gasteiger partial charge < -0.3 is 5.32 Å². The summed E-state index contributed by atoms with van der Waals surface area (Å²) in [4.78, 5) is 13.9. The molecule has 0 radical (unpaired) electrons. The summed E-state index contributed by atoms with van der Waals surface area (Å²) < 4.78 is 39.9. The Hall–Kier alpha value is -1.83. The number of alkyl halides is 3. The van der Waals surface area contributed by atoms with Gasteiger partial charge in [0.25, 0.3) is 5.91 Å². The van der Waals surface area contributed by atoms with E-state index in [1.807, 2.05) is 0 Å². The molecular weight excluding hydrogens is 399 g/mol. The van der Waals surface area contributed by atoms with Crippen LogP contribution in [-0.2, 0) is 13.2 Å². The van der Waals surface area contributed by atoms with E-state index >= 15 is 0 Å². The van der Waals surface area contributed by atoms with Gasteiger partial charge in [-0.3, -0.25) is 9.48 Å². The van der Waals surface area contributed by atoms with E-state index in [1.165, 1.54) is 61.6 Å². The van der Waals surface area contributed by atoms with Crippen LogP contribution in [0.15, 0.2) is 18.2 Å². The third kappa shape index (κ3) is 3.49. The maximum absolute atomic E-state index is 12.9. The van der Waals surface area contributed by atoms with Gasteiger partial charge in [-0.1, -0.05) is 0 Å². The molecule has 0 atom stereocenters. The minimum atomic E-state index is -4.48. The van der Waals surface area contributed by atoms with Crippen LogP contribution in [0.3, 0.4) is 0 Å². The van der Waals surface area contributed by atoms with Gasteiger partial charge in [-0.15, -0.1) is 11.3 Å². The second kappa shape index (κ2) is 6.59. The van der Waals surface area contributed by atoms with Crippen LogP contribution < -0.4 is 5.32 Å². The molecule has 0 aromatic carbocycles. The summed E-state index contributed by atoms with van der Waals surface area (Å²) in [6, 6.07) is 4.42. The third-order valence-electron chi connectivity index (χ3n) is 7.04. The Balaban J connectivity index is 1.28. The molecule has 2 aromatic heterocycles. The Morgan fingerprint density at radius 1 is 1.21 bits per heavy atom. The summed E-state index contributed by atoms with van der Waals surface area (Å²) in [7, 11) is 1.48. The molecule has 4 nitrogen and oxygen atoms in total. The highest BCUT2D eigenvalue weighted by Crippen LogP contribution is 2.59. The number of nitrogens with one attached hydrogen (secondary N) is 1. The van der Waals surface area contributed by atoms with E-state index in [0.717, 1.165) is 23.8 Å². The second-order valence-electron chi connectivity index (χ2n) is 9.30. The smallest absolute Gasteiger partial charge is 0.351 e. The molecule has 29 heavy (non-hydrogen) atoms. The summed E-state index contributed by atoms with van der Waals surface area (Å²) in [5.41, 5.74) is -0.299. The van der Waals surface area contributed by atoms with E-state index in [2.05, 4.69) is 10.4 Å². The lowest BCUT2D eigenvalue weighted by atomic mass is 9.49. The van der Waals surface area contributed by atoms with Crippen molar-refractivity contribution in [3.05, 3.63) is 28.8 Å². The molecule has 4 saturated carbocycles. The van der Waals surface area contributed by atoms with Crippen LogP contribution in [0.1, 0.15) is 53.9 Å². The van der Waals surface area contributed by atoms with Crippen LogP contribution in [0.4, 0.5) is 13.2 Å². The lowest BCUT2D eigenvalue weighted by Gasteiger charge is -2.56. The van der Waals surface area contributed by atoms with Crippen molar-refractivity contribution in [1.82, 2.24) is 15.1 Å². The Kier molecular flexibility index (Phi) is 4.35. The fourth-order valence-electron chi connectivity index (χ4n) is 6.30. The Morgan fingerprint density at radius 3 is 2.38 bits per heavy atom. The van der Waals surface area contributed by atoms with Crippen molar-refractivity contribution in [3.63, 3.8) is 0 Å². The number of nitrogens with zero attached hydrogens (tertiary/aromatic N) is 2. The Labute approximate surface area is 171 Å². The van der Waals surface area contributed by atoms with Crippen LogP contribution >= 0.6 is 11.3 Å². The molecule has 4 aliphatic carbocycles. The quantitative estimate of drug-likeness (QED) is 0.743. The van der Waals surface area contributed by atoms with Gasteiger partial charge in [0, 0.05) is 13.6 Å². The predicted octanol–water partition coefficient (Wildman–Crippen LogP) is 5.11. The minimum absolute atomic E-state index is 0.129. The summed E-state index contributed by atoms with van der Waals surface area (Å²) in [5, 5.41) is 6.69. The first kappa shape index (κ1) is 19.2. The van der Waals surface area contributed by atoms with Gasteiger partial charge in [0.2, 0.25) is 0 Å². The summed E-state index contributed by atoms with van der Waals surface area (Å²) in [6.07, 6.45) is 3.30. The van der Waals surface area contributed by atoms with E-state index in [9.17, 15) is 18.0 Å². The van der Waals surface area contributed by atoms with Crippen LogP contribution in [0, 0.1) is 23.2 Å². The minimum Gasteiger partial charge on any atom is -0.351 e. The zero-order valence-corrected chi connectivity index (χ0v) is 17.1. The molecule has 0 saturated heterocycles. The van der Waals surface area contributed by atoms with Crippen molar-refractivity contribution < 1.29 is 18.0 Å². The third-order valence-corrected chi connectivity index (χ3v) is 8.15. The average Bonchev–Trinajstić information content (AvgIpc) is 3.25. The highest BCUT2D eigenvalue weighted by Gasteiger charge is 2.50. The van der Waals surface area contributed by atoms with Gasteiger partial charge in [0.05, 0.1) is 15.4 Å². The first-order valence-corrected chi connectivity index (χ1v) is 11.0. The molecule has 0 aliphatic heterocycles. The lowest BCUT2D eigenvalue weighted by Crippen LogP contribution is -2.51. The Bertz CT molecular complexity index is 910. The van der Waals surface area contributed by atoms with E-state index in [0.29, 0.717) is 22.0 Å².